The SMILES string of the molecule is Nc1nn(Cc2ccc(CF)cc2)c2cc(C(F)(F)F)ccc12. The van der Waals surface area contributed by atoms with E-state index in [9.17, 15) is 17.6 Å². The Morgan fingerprint density at radius 2 is 1.65 bits per heavy atom. The second-order valence-corrected chi connectivity index (χ2v) is 5.22. The summed E-state index contributed by atoms with van der Waals surface area (Å²) in [7, 11) is 0. The van der Waals surface area contributed by atoms with Crippen LogP contribution >= 0.6 is 0 Å². The van der Waals surface area contributed by atoms with Crippen LogP contribution in [-0.2, 0) is 19.4 Å². The molecule has 2 aromatic carbocycles. The van der Waals surface area contributed by atoms with E-state index in [0.717, 1.165) is 17.7 Å². The van der Waals surface area contributed by atoms with Gasteiger partial charge in [-0.05, 0) is 29.3 Å². The zero-order chi connectivity index (χ0) is 16.6. The molecular weight excluding hydrogens is 310 g/mol. The Hall–Kier alpha value is -2.57. The Bertz CT molecular complexity index is 835. The van der Waals surface area contributed by atoms with Gasteiger partial charge in [0.2, 0.25) is 0 Å². The maximum atomic E-state index is 12.9. The standard InChI is InChI=1S/C16H13F4N3/c17-8-10-1-3-11(4-2-10)9-23-14-7-12(16(18,19)20)5-6-13(14)15(21)22-23/h1-7H,8-9H2,(H2,21,22). The Balaban J connectivity index is 2.02. The molecule has 0 spiro atoms. The molecule has 0 aliphatic carbocycles. The van der Waals surface area contributed by atoms with E-state index in [0.29, 0.717) is 16.5 Å². The molecular formula is C16H13F4N3. The molecule has 0 saturated heterocycles. The summed E-state index contributed by atoms with van der Waals surface area (Å²) in [6, 6.07) is 10.0. The molecule has 3 rings (SSSR count). The first-order valence-electron chi connectivity index (χ1n) is 6.85. The van der Waals surface area contributed by atoms with Gasteiger partial charge in [0.05, 0.1) is 17.6 Å². The lowest BCUT2D eigenvalue weighted by molar-refractivity contribution is -0.137. The molecule has 0 fully saturated rings. The van der Waals surface area contributed by atoms with E-state index in [4.69, 9.17) is 5.73 Å². The lowest BCUT2D eigenvalue weighted by Gasteiger charge is -2.08. The highest BCUT2D eigenvalue weighted by Gasteiger charge is 2.31. The van der Waals surface area contributed by atoms with Crippen LogP contribution in [0.3, 0.4) is 0 Å². The molecule has 3 aromatic rings. The van der Waals surface area contributed by atoms with E-state index in [2.05, 4.69) is 5.10 Å². The van der Waals surface area contributed by atoms with Gasteiger partial charge in [-0.2, -0.15) is 18.3 Å². The zero-order valence-electron chi connectivity index (χ0n) is 11.9. The fraction of sp³-hybridized carbons (Fsp3) is 0.188. The molecule has 1 aromatic heterocycles. The molecule has 1 heterocycles. The van der Waals surface area contributed by atoms with Gasteiger partial charge in [-0.15, -0.1) is 0 Å². The highest BCUT2D eigenvalue weighted by Crippen LogP contribution is 2.32. The average Bonchev–Trinajstić information content (AvgIpc) is 2.83. The van der Waals surface area contributed by atoms with Gasteiger partial charge >= 0.3 is 6.18 Å². The highest BCUT2D eigenvalue weighted by molar-refractivity contribution is 5.89. The van der Waals surface area contributed by atoms with Crippen LogP contribution in [0.5, 0.6) is 0 Å². The first-order valence-corrected chi connectivity index (χ1v) is 6.85. The summed E-state index contributed by atoms with van der Waals surface area (Å²) in [6.07, 6.45) is -4.43. The number of nitrogen functional groups attached to an aromatic ring is 1. The van der Waals surface area contributed by atoms with Crippen LogP contribution in [0, 0.1) is 0 Å². The van der Waals surface area contributed by atoms with E-state index in [1.807, 2.05) is 0 Å². The number of hydrogen-bond donors (Lipinski definition) is 1. The third kappa shape index (κ3) is 2.99. The Kier molecular flexibility index (Phi) is 3.71. The third-order valence-corrected chi connectivity index (χ3v) is 3.62. The van der Waals surface area contributed by atoms with Crippen molar-refractivity contribution in [3.05, 3.63) is 59.2 Å². The number of aromatic nitrogens is 2. The summed E-state index contributed by atoms with van der Waals surface area (Å²) < 4.78 is 52.5. The van der Waals surface area contributed by atoms with Crippen LogP contribution < -0.4 is 5.73 Å². The predicted octanol–water partition coefficient (Wildman–Crippen LogP) is 4.16. The molecule has 0 aliphatic heterocycles. The number of alkyl halides is 4. The van der Waals surface area contributed by atoms with Gasteiger partial charge < -0.3 is 5.73 Å². The number of anilines is 1. The average molecular weight is 323 g/mol. The lowest BCUT2D eigenvalue weighted by Crippen LogP contribution is -2.06. The minimum Gasteiger partial charge on any atom is -0.382 e. The molecule has 120 valence electrons. The van der Waals surface area contributed by atoms with Crippen molar-refractivity contribution >= 4 is 16.7 Å². The number of halogens is 4. The molecule has 0 saturated carbocycles. The van der Waals surface area contributed by atoms with Gasteiger partial charge in [-0.25, -0.2) is 4.39 Å². The second kappa shape index (κ2) is 5.57. The molecule has 0 aliphatic rings. The molecule has 23 heavy (non-hydrogen) atoms. The van der Waals surface area contributed by atoms with E-state index >= 15 is 0 Å². The largest absolute Gasteiger partial charge is 0.416 e. The minimum atomic E-state index is -4.43. The summed E-state index contributed by atoms with van der Waals surface area (Å²) in [4.78, 5) is 0. The summed E-state index contributed by atoms with van der Waals surface area (Å²) in [5.74, 6) is 0.175. The smallest absolute Gasteiger partial charge is 0.382 e. The van der Waals surface area contributed by atoms with Crippen LogP contribution in [0.4, 0.5) is 23.4 Å². The fourth-order valence-electron chi connectivity index (χ4n) is 2.40. The third-order valence-electron chi connectivity index (χ3n) is 3.62. The normalized spacial score (nSPS) is 12.0. The van der Waals surface area contributed by atoms with Crippen LogP contribution in [0.25, 0.3) is 10.9 Å². The molecule has 0 unspecified atom stereocenters. The van der Waals surface area contributed by atoms with E-state index < -0.39 is 18.4 Å². The summed E-state index contributed by atoms with van der Waals surface area (Å²) in [6.45, 7) is -0.311. The first kappa shape index (κ1) is 15.3. The van der Waals surface area contributed by atoms with Gasteiger partial charge in [0.15, 0.2) is 5.82 Å². The Morgan fingerprint density at radius 3 is 2.26 bits per heavy atom. The van der Waals surface area contributed by atoms with E-state index in [1.165, 1.54) is 10.7 Å². The van der Waals surface area contributed by atoms with Gasteiger partial charge in [0.1, 0.15) is 6.67 Å². The zero-order valence-corrected chi connectivity index (χ0v) is 11.9. The molecule has 0 radical (unpaired) electrons. The minimum absolute atomic E-state index is 0.175. The molecule has 3 nitrogen and oxygen atoms in total. The molecule has 2 N–H and O–H groups in total. The number of benzene rings is 2. The molecule has 7 heteroatoms. The van der Waals surface area contributed by atoms with Gasteiger partial charge in [-0.1, -0.05) is 24.3 Å². The van der Waals surface area contributed by atoms with E-state index in [1.54, 1.807) is 24.3 Å². The summed E-state index contributed by atoms with van der Waals surface area (Å²) in [5, 5.41) is 4.57. The quantitative estimate of drug-likeness (QED) is 0.736. The molecule has 0 bridgehead atoms. The number of fused-ring (bicyclic) bond motifs is 1. The van der Waals surface area contributed by atoms with Gasteiger partial charge in [-0.3, -0.25) is 4.68 Å². The van der Waals surface area contributed by atoms with Crippen molar-refractivity contribution in [3.63, 3.8) is 0 Å². The van der Waals surface area contributed by atoms with Crippen molar-refractivity contribution in [1.82, 2.24) is 9.78 Å². The number of nitrogens with two attached hydrogens (primary N) is 1. The van der Waals surface area contributed by atoms with Crippen molar-refractivity contribution in [2.45, 2.75) is 19.4 Å². The van der Waals surface area contributed by atoms with Crippen molar-refractivity contribution < 1.29 is 17.6 Å². The van der Waals surface area contributed by atoms with Crippen molar-refractivity contribution in [2.24, 2.45) is 0 Å². The van der Waals surface area contributed by atoms with Crippen LogP contribution in [0.1, 0.15) is 16.7 Å². The fourth-order valence-corrected chi connectivity index (χ4v) is 2.40. The molecule has 0 amide bonds. The maximum Gasteiger partial charge on any atom is 0.416 e. The van der Waals surface area contributed by atoms with E-state index in [-0.39, 0.29) is 12.4 Å². The monoisotopic (exact) mass is 323 g/mol. The van der Waals surface area contributed by atoms with Crippen LogP contribution in [0.15, 0.2) is 42.5 Å². The number of hydrogen-bond acceptors (Lipinski definition) is 2. The molecule has 0 atom stereocenters. The lowest BCUT2D eigenvalue weighted by atomic mass is 10.1. The van der Waals surface area contributed by atoms with Crippen LogP contribution in [0.2, 0.25) is 0 Å². The first-order chi connectivity index (χ1) is 10.9. The Labute approximate surface area is 129 Å². The van der Waals surface area contributed by atoms with Crippen LogP contribution in [-0.4, -0.2) is 9.78 Å². The maximum absolute atomic E-state index is 12.9. The topological polar surface area (TPSA) is 43.8 Å². The van der Waals surface area contributed by atoms with Gasteiger partial charge in [0.25, 0.3) is 0 Å². The summed E-state index contributed by atoms with van der Waals surface area (Å²) in [5.41, 5.74) is 6.67. The number of nitrogens with zero attached hydrogens (tertiary/aromatic N) is 2. The van der Waals surface area contributed by atoms with Gasteiger partial charge in [0, 0.05) is 5.39 Å². The van der Waals surface area contributed by atoms with Crippen molar-refractivity contribution in [1.29, 1.82) is 0 Å². The van der Waals surface area contributed by atoms with Crippen molar-refractivity contribution in [3.8, 4) is 0 Å². The predicted molar refractivity (Wildman–Crippen MR) is 79.5 cm³/mol. The summed E-state index contributed by atoms with van der Waals surface area (Å²) >= 11 is 0. The Morgan fingerprint density at radius 1 is 1.00 bits per heavy atom. The highest BCUT2D eigenvalue weighted by atomic mass is 19.4. The second-order valence-electron chi connectivity index (χ2n) is 5.22. The number of rotatable bonds is 3. The van der Waals surface area contributed by atoms with Crippen molar-refractivity contribution in [2.75, 3.05) is 5.73 Å².